The van der Waals surface area contributed by atoms with E-state index >= 15 is 0 Å². The number of rotatable bonds is 4. The average molecular weight is 235 g/mol. The van der Waals surface area contributed by atoms with Crippen molar-refractivity contribution in [1.82, 2.24) is 20.2 Å². The largest absolute Gasteiger partial charge is 0.360 e. The highest BCUT2D eigenvalue weighted by atomic mass is 16.5. The molecule has 0 saturated heterocycles. The van der Waals surface area contributed by atoms with Gasteiger partial charge in [0.1, 0.15) is 18.0 Å². The molecule has 0 aliphatic carbocycles. The number of aldehydes is 1. The highest BCUT2D eigenvalue weighted by molar-refractivity contribution is 5.89. The first-order valence-corrected chi connectivity index (χ1v) is 4.76. The van der Waals surface area contributed by atoms with Gasteiger partial charge in [-0.1, -0.05) is 10.4 Å². The topological polar surface area (TPSA) is 103 Å². The highest BCUT2D eigenvalue weighted by Gasteiger charge is 2.08. The normalized spacial score (nSPS) is 10.2. The summed E-state index contributed by atoms with van der Waals surface area (Å²) in [5.41, 5.74) is 0.176. The fourth-order valence-corrected chi connectivity index (χ4v) is 1.20. The molecule has 2 heterocycles. The number of aryl methyl sites for hydroxylation is 1. The molecular formula is C9H9N5O3. The molecule has 0 radical (unpaired) electrons. The molecule has 0 fully saturated rings. The van der Waals surface area contributed by atoms with Gasteiger partial charge in [-0.2, -0.15) is 0 Å². The van der Waals surface area contributed by atoms with Crippen LogP contribution >= 0.6 is 0 Å². The van der Waals surface area contributed by atoms with Gasteiger partial charge < -0.3 is 9.84 Å². The van der Waals surface area contributed by atoms with Gasteiger partial charge in [-0.25, -0.2) is 4.68 Å². The Labute approximate surface area is 95.6 Å². The van der Waals surface area contributed by atoms with Crippen LogP contribution in [0.25, 0.3) is 0 Å². The third-order valence-corrected chi connectivity index (χ3v) is 1.88. The second kappa shape index (κ2) is 4.56. The van der Waals surface area contributed by atoms with E-state index in [0.717, 1.165) is 0 Å². The molecule has 0 atom stereocenters. The number of hydrogen-bond donors (Lipinski definition) is 1. The van der Waals surface area contributed by atoms with E-state index in [0.29, 0.717) is 17.9 Å². The van der Waals surface area contributed by atoms with Crippen LogP contribution in [0.2, 0.25) is 0 Å². The second-order valence-corrected chi connectivity index (χ2v) is 3.33. The zero-order chi connectivity index (χ0) is 12.3. The van der Waals surface area contributed by atoms with E-state index in [2.05, 4.69) is 20.8 Å². The molecule has 17 heavy (non-hydrogen) atoms. The highest BCUT2D eigenvalue weighted by Crippen LogP contribution is 2.06. The number of amides is 1. The molecule has 1 N–H and O–H groups in total. The van der Waals surface area contributed by atoms with Gasteiger partial charge in [0.2, 0.25) is 5.91 Å². The van der Waals surface area contributed by atoms with Crippen LogP contribution in [0.15, 0.2) is 16.8 Å². The third kappa shape index (κ3) is 2.74. The molecule has 0 saturated carbocycles. The maximum absolute atomic E-state index is 11.5. The maximum Gasteiger partial charge on any atom is 0.247 e. The Morgan fingerprint density at radius 1 is 1.65 bits per heavy atom. The summed E-state index contributed by atoms with van der Waals surface area (Å²) >= 11 is 0. The van der Waals surface area contributed by atoms with E-state index in [4.69, 9.17) is 4.52 Å². The van der Waals surface area contributed by atoms with Crippen molar-refractivity contribution < 1.29 is 14.1 Å². The monoisotopic (exact) mass is 235 g/mol. The Morgan fingerprint density at radius 3 is 3.06 bits per heavy atom. The van der Waals surface area contributed by atoms with E-state index < -0.39 is 0 Å². The molecule has 0 bridgehead atoms. The fourth-order valence-electron chi connectivity index (χ4n) is 1.20. The van der Waals surface area contributed by atoms with Crippen LogP contribution in [0, 0.1) is 6.92 Å². The molecular weight excluding hydrogens is 226 g/mol. The third-order valence-electron chi connectivity index (χ3n) is 1.88. The Hall–Kier alpha value is -2.51. The summed E-state index contributed by atoms with van der Waals surface area (Å²) in [4.78, 5) is 21.9. The number of carbonyl (C=O) groups is 2. The molecule has 88 valence electrons. The van der Waals surface area contributed by atoms with Crippen LogP contribution in [-0.2, 0) is 11.3 Å². The fraction of sp³-hybridized carbons (Fsp3) is 0.222. The van der Waals surface area contributed by atoms with E-state index in [-0.39, 0.29) is 18.1 Å². The van der Waals surface area contributed by atoms with Gasteiger partial charge in [-0.3, -0.25) is 9.59 Å². The summed E-state index contributed by atoms with van der Waals surface area (Å²) in [5, 5.41) is 13.3. The molecule has 2 rings (SSSR count). The van der Waals surface area contributed by atoms with Crippen molar-refractivity contribution in [3.05, 3.63) is 23.7 Å². The predicted octanol–water partition coefficient (Wildman–Crippen LogP) is 0.0257. The Morgan fingerprint density at radius 2 is 2.47 bits per heavy atom. The minimum Gasteiger partial charge on any atom is -0.360 e. The van der Waals surface area contributed by atoms with Gasteiger partial charge in [0.25, 0.3) is 0 Å². The first kappa shape index (κ1) is 11.0. The van der Waals surface area contributed by atoms with Crippen molar-refractivity contribution in [2.45, 2.75) is 13.5 Å². The summed E-state index contributed by atoms with van der Waals surface area (Å²) < 4.78 is 6.05. The molecule has 2 aromatic rings. The molecule has 2 aromatic heterocycles. The summed E-state index contributed by atoms with van der Waals surface area (Å²) in [7, 11) is 0. The number of aromatic nitrogens is 4. The van der Waals surface area contributed by atoms with Gasteiger partial charge >= 0.3 is 0 Å². The molecule has 0 aliphatic heterocycles. The molecule has 8 heteroatoms. The minimum atomic E-state index is -0.333. The van der Waals surface area contributed by atoms with Crippen molar-refractivity contribution >= 4 is 18.0 Å². The van der Waals surface area contributed by atoms with E-state index in [9.17, 15) is 9.59 Å². The quantitative estimate of drug-likeness (QED) is 0.749. The molecule has 0 aromatic carbocycles. The zero-order valence-electron chi connectivity index (χ0n) is 8.95. The lowest BCUT2D eigenvalue weighted by atomic mass is 10.4. The molecule has 0 unspecified atom stereocenters. The summed E-state index contributed by atoms with van der Waals surface area (Å²) in [6, 6.07) is 1.59. The van der Waals surface area contributed by atoms with Gasteiger partial charge in [0, 0.05) is 6.07 Å². The first-order valence-electron chi connectivity index (χ1n) is 4.76. The number of nitrogens with zero attached hydrogens (tertiary/aromatic N) is 4. The second-order valence-electron chi connectivity index (χ2n) is 3.33. The number of hydrogen-bond acceptors (Lipinski definition) is 6. The van der Waals surface area contributed by atoms with Crippen molar-refractivity contribution in [3.8, 4) is 0 Å². The van der Waals surface area contributed by atoms with E-state index in [1.165, 1.54) is 10.9 Å². The minimum absolute atomic E-state index is 0.0489. The van der Waals surface area contributed by atoms with Crippen LogP contribution in [0.4, 0.5) is 5.82 Å². The molecule has 0 aliphatic rings. The predicted molar refractivity (Wildman–Crippen MR) is 55.3 cm³/mol. The summed E-state index contributed by atoms with van der Waals surface area (Å²) in [5.74, 6) is 0.605. The van der Waals surface area contributed by atoms with Crippen molar-refractivity contribution in [3.63, 3.8) is 0 Å². The van der Waals surface area contributed by atoms with Crippen LogP contribution in [0.5, 0.6) is 0 Å². The SMILES string of the molecule is Cc1cc(NC(=O)Cn2cc(C=O)nn2)no1. The zero-order valence-corrected chi connectivity index (χ0v) is 8.95. The van der Waals surface area contributed by atoms with Gasteiger partial charge in [0.15, 0.2) is 12.1 Å². The Bertz CT molecular complexity index is 544. The van der Waals surface area contributed by atoms with Gasteiger partial charge in [-0.15, -0.1) is 5.10 Å². The van der Waals surface area contributed by atoms with Crippen LogP contribution in [-0.4, -0.2) is 32.3 Å². The number of anilines is 1. The summed E-state index contributed by atoms with van der Waals surface area (Å²) in [6.45, 7) is 1.67. The molecule has 8 nitrogen and oxygen atoms in total. The van der Waals surface area contributed by atoms with Crippen molar-refractivity contribution in [2.75, 3.05) is 5.32 Å². The van der Waals surface area contributed by atoms with Crippen LogP contribution in [0.3, 0.4) is 0 Å². The Balaban J connectivity index is 1.95. The lowest BCUT2D eigenvalue weighted by Gasteiger charge is -1.99. The Kier molecular flexibility index (Phi) is 2.95. The van der Waals surface area contributed by atoms with Crippen molar-refractivity contribution in [1.29, 1.82) is 0 Å². The summed E-state index contributed by atoms with van der Waals surface area (Å²) in [6.07, 6.45) is 1.93. The number of carbonyl (C=O) groups excluding carboxylic acids is 2. The van der Waals surface area contributed by atoms with Gasteiger partial charge in [0.05, 0.1) is 6.20 Å². The lowest BCUT2D eigenvalue weighted by molar-refractivity contribution is -0.117. The average Bonchev–Trinajstić information content (AvgIpc) is 2.88. The smallest absolute Gasteiger partial charge is 0.247 e. The maximum atomic E-state index is 11.5. The standard InChI is InChI=1S/C9H9N5O3/c1-6-2-8(12-17-6)10-9(16)4-14-3-7(5-15)11-13-14/h2-3,5H,4H2,1H3,(H,10,12,16). The first-order chi connectivity index (χ1) is 8.17. The van der Waals surface area contributed by atoms with Crippen LogP contribution in [0.1, 0.15) is 16.2 Å². The van der Waals surface area contributed by atoms with E-state index in [1.807, 2.05) is 0 Å². The van der Waals surface area contributed by atoms with Crippen molar-refractivity contribution in [2.24, 2.45) is 0 Å². The van der Waals surface area contributed by atoms with Crippen LogP contribution < -0.4 is 5.32 Å². The van der Waals surface area contributed by atoms with Gasteiger partial charge in [-0.05, 0) is 6.92 Å². The molecule has 1 amide bonds. The molecule has 0 spiro atoms. The van der Waals surface area contributed by atoms with E-state index in [1.54, 1.807) is 13.0 Å². The number of nitrogens with one attached hydrogen (secondary N) is 1. The lowest BCUT2D eigenvalue weighted by Crippen LogP contribution is -2.19.